The normalized spacial score (nSPS) is 15.1. The van der Waals surface area contributed by atoms with E-state index in [1.807, 2.05) is 16.3 Å². The van der Waals surface area contributed by atoms with Gasteiger partial charge in [-0.1, -0.05) is 17.8 Å². The Morgan fingerprint density at radius 3 is 2.69 bits per heavy atom. The van der Waals surface area contributed by atoms with E-state index in [-0.39, 0.29) is 11.7 Å². The van der Waals surface area contributed by atoms with E-state index in [0.717, 1.165) is 27.4 Å². The zero-order valence-corrected chi connectivity index (χ0v) is 16.9. The van der Waals surface area contributed by atoms with E-state index in [1.165, 1.54) is 24.2 Å². The molecule has 0 N–H and O–H groups in total. The van der Waals surface area contributed by atoms with Gasteiger partial charge in [-0.3, -0.25) is 4.79 Å². The van der Waals surface area contributed by atoms with Crippen molar-refractivity contribution in [2.75, 3.05) is 36.8 Å². The van der Waals surface area contributed by atoms with Crippen LogP contribution in [0.5, 0.6) is 0 Å². The highest BCUT2D eigenvalue weighted by Gasteiger charge is 2.31. The van der Waals surface area contributed by atoms with Crippen molar-refractivity contribution >= 4 is 44.9 Å². The van der Waals surface area contributed by atoms with Crippen molar-refractivity contribution in [1.29, 1.82) is 0 Å². The molecule has 0 radical (unpaired) electrons. The van der Waals surface area contributed by atoms with Gasteiger partial charge in [0.15, 0.2) is 0 Å². The highest BCUT2D eigenvalue weighted by atomic mass is 32.2. The molecule has 5 nitrogen and oxygen atoms in total. The van der Waals surface area contributed by atoms with Crippen LogP contribution in [0.15, 0.2) is 47.1 Å². The third-order valence-electron chi connectivity index (χ3n) is 4.71. The minimum absolute atomic E-state index is 0.00186. The molecule has 2 aromatic heterocycles. The van der Waals surface area contributed by atoms with E-state index < -0.39 is 11.7 Å². The molecule has 4 rings (SSSR count). The van der Waals surface area contributed by atoms with Crippen LogP contribution in [0.25, 0.3) is 10.2 Å². The molecule has 3 heterocycles. The fraction of sp³-hybridized carbons (Fsp3) is 0.316. The number of halogens is 3. The first-order chi connectivity index (χ1) is 13.9. The highest BCUT2D eigenvalue weighted by molar-refractivity contribution is 8.00. The average molecular weight is 439 g/mol. The quantitative estimate of drug-likeness (QED) is 0.453. The zero-order chi connectivity index (χ0) is 20.4. The Morgan fingerprint density at radius 2 is 1.93 bits per heavy atom. The molecule has 1 saturated heterocycles. The summed E-state index contributed by atoms with van der Waals surface area (Å²) in [6, 6.07) is 7.23. The van der Waals surface area contributed by atoms with E-state index in [0.29, 0.717) is 31.9 Å². The molecule has 0 bridgehead atoms. The SMILES string of the molecule is O=C(CSc1ncnc2ccsc12)N1CCN(c2cccc(C(F)(F)F)c2)CC1. The molecule has 3 aromatic rings. The van der Waals surface area contributed by atoms with Crippen LogP contribution >= 0.6 is 23.1 Å². The monoisotopic (exact) mass is 438 g/mol. The van der Waals surface area contributed by atoms with Gasteiger partial charge in [0.05, 0.1) is 21.5 Å². The second-order valence-electron chi connectivity index (χ2n) is 6.52. The second-order valence-corrected chi connectivity index (χ2v) is 8.40. The lowest BCUT2D eigenvalue weighted by atomic mass is 10.1. The zero-order valence-electron chi connectivity index (χ0n) is 15.2. The van der Waals surface area contributed by atoms with Crippen molar-refractivity contribution in [3.05, 3.63) is 47.6 Å². The average Bonchev–Trinajstić information content (AvgIpc) is 3.21. The molecular formula is C19H17F3N4OS2. The standard InChI is InChI=1S/C19H17F3N4OS2/c20-19(21,22)13-2-1-3-14(10-13)25-5-7-26(8-6-25)16(27)11-29-18-17-15(4-9-28-17)23-12-24-18/h1-4,9-10,12H,5-8,11H2. The molecule has 29 heavy (non-hydrogen) atoms. The van der Waals surface area contributed by atoms with E-state index in [2.05, 4.69) is 9.97 Å². The Hall–Kier alpha value is -2.33. The maximum absolute atomic E-state index is 12.9. The van der Waals surface area contributed by atoms with Crippen LogP contribution in [0.2, 0.25) is 0 Å². The summed E-state index contributed by atoms with van der Waals surface area (Å²) in [5.41, 5.74) is 0.742. The van der Waals surface area contributed by atoms with Gasteiger partial charge in [-0.15, -0.1) is 11.3 Å². The van der Waals surface area contributed by atoms with E-state index >= 15 is 0 Å². The lowest BCUT2D eigenvalue weighted by Gasteiger charge is -2.36. The smallest absolute Gasteiger partial charge is 0.368 e. The van der Waals surface area contributed by atoms with Gasteiger partial charge in [0.1, 0.15) is 11.4 Å². The molecule has 10 heteroatoms. The molecule has 0 unspecified atom stereocenters. The van der Waals surface area contributed by atoms with Crippen LogP contribution in [-0.4, -0.2) is 52.7 Å². The molecule has 1 amide bonds. The molecule has 0 saturated carbocycles. The van der Waals surface area contributed by atoms with Crippen LogP contribution in [0.4, 0.5) is 18.9 Å². The molecule has 0 spiro atoms. The number of amides is 1. The van der Waals surface area contributed by atoms with Gasteiger partial charge in [-0.25, -0.2) is 9.97 Å². The largest absolute Gasteiger partial charge is 0.416 e. The molecule has 1 aliphatic rings. The van der Waals surface area contributed by atoms with Crippen molar-refractivity contribution in [3.8, 4) is 0 Å². The Kier molecular flexibility index (Phi) is 5.64. The number of alkyl halides is 3. The minimum atomic E-state index is -4.36. The minimum Gasteiger partial charge on any atom is -0.368 e. The lowest BCUT2D eigenvalue weighted by Crippen LogP contribution is -2.49. The fourth-order valence-electron chi connectivity index (χ4n) is 3.18. The number of carbonyl (C=O) groups excluding carboxylic acids is 1. The summed E-state index contributed by atoms with van der Waals surface area (Å²) in [5.74, 6) is 0.273. The topological polar surface area (TPSA) is 49.3 Å². The van der Waals surface area contributed by atoms with E-state index in [4.69, 9.17) is 0 Å². The van der Waals surface area contributed by atoms with Crippen LogP contribution in [0, 0.1) is 0 Å². The molecule has 1 fully saturated rings. The van der Waals surface area contributed by atoms with Crippen molar-refractivity contribution in [1.82, 2.24) is 14.9 Å². The third-order valence-corrected chi connectivity index (χ3v) is 6.73. The first kappa shape index (κ1) is 20.0. The molecule has 1 aromatic carbocycles. The Balaban J connectivity index is 1.34. The number of piperazine rings is 1. The Bertz CT molecular complexity index is 1020. The summed E-state index contributed by atoms with van der Waals surface area (Å²) >= 11 is 2.93. The summed E-state index contributed by atoms with van der Waals surface area (Å²) in [7, 11) is 0. The summed E-state index contributed by atoms with van der Waals surface area (Å²) in [5, 5.41) is 2.74. The molecule has 1 aliphatic heterocycles. The lowest BCUT2D eigenvalue weighted by molar-refractivity contribution is -0.137. The Morgan fingerprint density at radius 1 is 1.14 bits per heavy atom. The number of fused-ring (bicyclic) bond motifs is 1. The molecule has 0 atom stereocenters. The number of aromatic nitrogens is 2. The van der Waals surface area contributed by atoms with Gasteiger partial charge in [-0.05, 0) is 29.6 Å². The third kappa shape index (κ3) is 4.48. The first-order valence-corrected chi connectivity index (χ1v) is 10.8. The molecular weight excluding hydrogens is 421 g/mol. The Labute approximate surface area is 173 Å². The van der Waals surface area contributed by atoms with Crippen LogP contribution in [-0.2, 0) is 11.0 Å². The summed E-state index contributed by atoms with van der Waals surface area (Å²) < 4.78 is 39.7. The van der Waals surface area contributed by atoms with E-state index in [1.54, 1.807) is 22.3 Å². The predicted octanol–water partition coefficient (Wildman–Crippen LogP) is 4.15. The van der Waals surface area contributed by atoms with E-state index in [9.17, 15) is 18.0 Å². The maximum Gasteiger partial charge on any atom is 0.416 e. The van der Waals surface area contributed by atoms with Crippen LogP contribution in [0.1, 0.15) is 5.56 Å². The molecule has 0 aliphatic carbocycles. The number of thiophene rings is 1. The van der Waals surface area contributed by atoms with Crippen molar-refractivity contribution in [2.24, 2.45) is 0 Å². The number of anilines is 1. The first-order valence-electron chi connectivity index (χ1n) is 8.93. The number of nitrogens with zero attached hydrogens (tertiary/aromatic N) is 4. The number of hydrogen-bond donors (Lipinski definition) is 0. The number of hydrogen-bond acceptors (Lipinski definition) is 6. The second kappa shape index (κ2) is 8.19. The van der Waals surface area contributed by atoms with Crippen molar-refractivity contribution < 1.29 is 18.0 Å². The van der Waals surface area contributed by atoms with Gasteiger partial charge in [0, 0.05) is 31.9 Å². The number of carbonyl (C=O) groups is 1. The number of rotatable bonds is 4. The summed E-state index contributed by atoms with van der Waals surface area (Å²) in [6.45, 7) is 1.96. The van der Waals surface area contributed by atoms with Crippen molar-refractivity contribution in [3.63, 3.8) is 0 Å². The van der Waals surface area contributed by atoms with Gasteiger partial charge in [0.2, 0.25) is 5.91 Å². The predicted molar refractivity (Wildman–Crippen MR) is 108 cm³/mol. The van der Waals surface area contributed by atoms with Crippen LogP contribution in [0.3, 0.4) is 0 Å². The summed E-state index contributed by atoms with van der Waals surface area (Å²) in [4.78, 5) is 24.7. The highest BCUT2D eigenvalue weighted by Crippen LogP contribution is 2.32. The van der Waals surface area contributed by atoms with Crippen molar-refractivity contribution in [2.45, 2.75) is 11.2 Å². The van der Waals surface area contributed by atoms with Gasteiger partial charge in [0.25, 0.3) is 0 Å². The molecule has 152 valence electrons. The number of thioether (sulfide) groups is 1. The van der Waals surface area contributed by atoms with Gasteiger partial charge >= 0.3 is 6.18 Å². The fourth-order valence-corrected chi connectivity index (χ4v) is 5.03. The number of benzene rings is 1. The van der Waals surface area contributed by atoms with Gasteiger partial charge < -0.3 is 9.80 Å². The van der Waals surface area contributed by atoms with Crippen LogP contribution < -0.4 is 4.90 Å². The summed E-state index contributed by atoms with van der Waals surface area (Å²) in [6.07, 6.45) is -2.87. The maximum atomic E-state index is 12.9. The van der Waals surface area contributed by atoms with Gasteiger partial charge in [-0.2, -0.15) is 13.2 Å².